The van der Waals surface area contributed by atoms with Crippen LogP contribution < -0.4 is 10.6 Å². The molecule has 0 unspecified atom stereocenters. The molecule has 4 nitrogen and oxygen atoms in total. The van der Waals surface area contributed by atoms with Crippen LogP contribution >= 0.6 is 0 Å². The molecule has 0 aliphatic rings. The van der Waals surface area contributed by atoms with Crippen molar-refractivity contribution in [1.82, 2.24) is 9.97 Å². The Labute approximate surface area is 91.3 Å². The van der Waals surface area contributed by atoms with E-state index in [4.69, 9.17) is 5.73 Å². The van der Waals surface area contributed by atoms with Gasteiger partial charge in [-0.15, -0.1) is 0 Å². The van der Waals surface area contributed by atoms with Crippen LogP contribution in [0.3, 0.4) is 0 Å². The normalized spacial score (nSPS) is 11.6. The summed E-state index contributed by atoms with van der Waals surface area (Å²) in [5, 5.41) is 0. The summed E-state index contributed by atoms with van der Waals surface area (Å²) in [6.07, 6.45) is -1.56. The molecule has 0 radical (unpaired) electrons. The van der Waals surface area contributed by atoms with Crippen molar-refractivity contribution in [2.75, 3.05) is 18.0 Å². The zero-order chi connectivity index (χ0) is 12.2. The lowest BCUT2D eigenvalue weighted by Crippen LogP contribution is -2.34. The van der Waals surface area contributed by atoms with Crippen molar-refractivity contribution in [2.24, 2.45) is 5.73 Å². The number of aromatic nitrogens is 2. The average molecular weight is 234 g/mol. The SMILES string of the molecule is CCN(CC(F)(F)F)c1cnc(CN)cn1. The quantitative estimate of drug-likeness (QED) is 0.853. The van der Waals surface area contributed by atoms with Gasteiger partial charge in [-0.1, -0.05) is 0 Å². The second-order valence-electron chi connectivity index (χ2n) is 3.20. The van der Waals surface area contributed by atoms with Crippen molar-refractivity contribution < 1.29 is 13.2 Å². The maximum Gasteiger partial charge on any atom is 0.405 e. The van der Waals surface area contributed by atoms with Gasteiger partial charge >= 0.3 is 6.18 Å². The first-order valence-corrected chi connectivity index (χ1v) is 4.79. The molecule has 0 spiro atoms. The van der Waals surface area contributed by atoms with Crippen LogP contribution in [0, 0.1) is 0 Å². The van der Waals surface area contributed by atoms with Crippen LogP contribution in [0.4, 0.5) is 19.0 Å². The number of halogens is 3. The molecule has 0 bridgehead atoms. The Morgan fingerprint density at radius 3 is 2.38 bits per heavy atom. The summed E-state index contributed by atoms with van der Waals surface area (Å²) in [4.78, 5) is 8.89. The van der Waals surface area contributed by atoms with Gasteiger partial charge in [-0.05, 0) is 6.92 Å². The Hall–Kier alpha value is -1.37. The summed E-state index contributed by atoms with van der Waals surface area (Å²) in [5.74, 6) is 0.206. The topological polar surface area (TPSA) is 55.0 Å². The van der Waals surface area contributed by atoms with Gasteiger partial charge in [-0.3, -0.25) is 4.98 Å². The molecule has 0 saturated heterocycles. The minimum absolute atomic E-state index is 0.206. The number of hydrogen-bond donors (Lipinski definition) is 1. The zero-order valence-electron chi connectivity index (χ0n) is 8.83. The highest BCUT2D eigenvalue weighted by Gasteiger charge is 2.30. The maximum atomic E-state index is 12.2. The Morgan fingerprint density at radius 1 is 1.31 bits per heavy atom. The highest BCUT2D eigenvalue weighted by Crippen LogP contribution is 2.19. The second kappa shape index (κ2) is 5.11. The van der Waals surface area contributed by atoms with Crippen LogP contribution in [0.2, 0.25) is 0 Å². The Morgan fingerprint density at radius 2 is 2.00 bits per heavy atom. The van der Waals surface area contributed by atoms with Gasteiger partial charge in [-0.2, -0.15) is 13.2 Å². The largest absolute Gasteiger partial charge is 0.405 e. The van der Waals surface area contributed by atoms with Crippen molar-refractivity contribution >= 4 is 5.82 Å². The molecule has 7 heteroatoms. The molecule has 1 aromatic rings. The van der Waals surface area contributed by atoms with Gasteiger partial charge in [0, 0.05) is 13.1 Å². The van der Waals surface area contributed by atoms with E-state index in [0.29, 0.717) is 5.69 Å². The standard InChI is InChI=1S/C9H13F3N4/c1-2-16(6-9(10,11)12)8-5-14-7(3-13)4-15-8/h4-5H,2-3,6,13H2,1H3. The van der Waals surface area contributed by atoms with Crippen LogP contribution in [-0.4, -0.2) is 29.2 Å². The molecular weight excluding hydrogens is 221 g/mol. The van der Waals surface area contributed by atoms with Gasteiger partial charge in [0.25, 0.3) is 0 Å². The highest BCUT2D eigenvalue weighted by atomic mass is 19.4. The van der Waals surface area contributed by atoms with Crippen molar-refractivity contribution in [1.29, 1.82) is 0 Å². The van der Waals surface area contributed by atoms with Crippen molar-refractivity contribution in [3.05, 3.63) is 18.1 Å². The number of hydrogen-bond acceptors (Lipinski definition) is 4. The van der Waals surface area contributed by atoms with E-state index in [1.165, 1.54) is 12.4 Å². The van der Waals surface area contributed by atoms with E-state index in [-0.39, 0.29) is 18.9 Å². The summed E-state index contributed by atoms with van der Waals surface area (Å²) < 4.78 is 36.6. The number of nitrogens with two attached hydrogens (primary N) is 1. The van der Waals surface area contributed by atoms with Crippen molar-refractivity contribution in [3.63, 3.8) is 0 Å². The molecule has 1 heterocycles. The molecule has 0 aromatic carbocycles. The monoisotopic (exact) mass is 234 g/mol. The fraction of sp³-hybridized carbons (Fsp3) is 0.556. The third-order valence-corrected chi connectivity index (χ3v) is 1.98. The van der Waals surface area contributed by atoms with Crippen LogP contribution in [0.15, 0.2) is 12.4 Å². The first-order chi connectivity index (χ1) is 7.46. The first-order valence-electron chi connectivity index (χ1n) is 4.79. The summed E-state index contributed by atoms with van der Waals surface area (Å²) >= 11 is 0. The molecule has 0 saturated carbocycles. The van der Waals surface area contributed by atoms with E-state index in [1.54, 1.807) is 6.92 Å². The smallest absolute Gasteiger partial charge is 0.347 e. The van der Waals surface area contributed by atoms with Crippen molar-refractivity contribution in [2.45, 2.75) is 19.6 Å². The van der Waals surface area contributed by atoms with Crippen LogP contribution in [-0.2, 0) is 6.54 Å². The second-order valence-corrected chi connectivity index (χ2v) is 3.20. The van der Waals surface area contributed by atoms with Gasteiger partial charge < -0.3 is 10.6 Å². The van der Waals surface area contributed by atoms with Gasteiger partial charge in [-0.25, -0.2) is 4.98 Å². The maximum absolute atomic E-state index is 12.2. The lowest BCUT2D eigenvalue weighted by molar-refractivity contribution is -0.119. The number of alkyl halides is 3. The van der Waals surface area contributed by atoms with E-state index in [9.17, 15) is 13.2 Å². The number of rotatable bonds is 4. The molecule has 0 amide bonds. The molecule has 90 valence electrons. The Kier molecular flexibility index (Phi) is 4.05. The number of anilines is 1. The number of nitrogens with zero attached hydrogens (tertiary/aromatic N) is 3. The average Bonchev–Trinajstić information content (AvgIpc) is 2.25. The fourth-order valence-corrected chi connectivity index (χ4v) is 1.19. The van der Waals surface area contributed by atoms with Gasteiger partial charge in [0.05, 0.1) is 18.1 Å². The lowest BCUT2D eigenvalue weighted by atomic mass is 10.4. The third kappa shape index (κ3) is 3.65. The molecule has 16 heavy (non-hydrogen) atoms. The predicted octanol–water partition coefficient (Wildman–Crippen LogP) is 1.32. The minimum Gasteiger partial charge on any atom is -0.347 e. The van der Waals surface area contributed by atoms with E-state index < -0.39 is 12.7 Å². The summed E-state index contributed by atoms with van der Waals surface area (Å²) in [6, 6.07) is 0. The first kappa shape index (κ1) is 12.7. The molecule has 0 fully saturated rings. The molecule has 0 atom stereocenters. The van der Waals surface area contributed by atoms with E-state index in [1.807, 2.05) is 0 Å². The van der Waals surface area contributed by atoms with E-state index in [2.05, 4.69) is 9.97 Å². The molecule has 0 aliphatic heterocycles. The molecular formula is C9H13F3N4. The van der Waals surface area contributed by atoms with Crippen molar-refractivity contribution in [3.8, 4) is 0 Å². The van der Waals surface area contributed by atoms with Crippen LogP contribution in [0.25, 0.3) is 0 Å². The van der Waals surface area contributed by atoms with Crippen LogP contribution in [0.5, 0.6) is 0 Å². The third-order valence-electron chi connectivity index (χ3n) is 1.98. The summed E-state index contributed by atoms with van der Waals surface area (Å²) in [7, 11) is 0. The summed E-state index contributed by atoms with van der Waals surface area (Å²) in [5.41, 5.74) is 5.86. The highest BCUT2D eigenvalue weighted by molar-refractivity contribution is 5.35. The van der Waals surface area contributed by atoms with E-state index >= 15 is 0 Å². The lowest BCUT2D eigenvalue weighted by Gasteiger charge is -2.22. The van der Waals surface area contributed by atoms with Crippen LogP contribution in [0.1, 0.15) is 12.6 Å². The minimum atomic E-state index is -4.25. The summed E-state index contributed by atoms with van der Waals surface area (Å²) in [6.45, 7) is 1.04. The zero-order valence-corrected chi connectivity index (χ0v) is 8.83. The van der Waals surface area contributed by atoms with E-state index in [0.717, 1.165) is 4.90 Å². The molecule has 2 N–H and O–H groups in total. The van der Waals surface area contributed by atoms with Gasteiger partial charge in [0.15, 0.2) is 0 Å². The molecule has 0 aliphatic carbocycles. The van der Waals surface area contributed by atoms with Gasteiger partial charge in [0.2, 0.25) is 0 Å². The predicted molar refractivity (Wildman–Crippen MR) is 53.9 cm³/mol. The van der Waals surface area contributed by atoms with Gasteiger partial charge in [0.1, 0.15) is 12.4 Å². The molecule has 1 aromatic heterocycles. The Balaban J connectivity index is 2.79. The molecule has 1 rings (SSSR count). The fourth-order valence-electron chi connectivity index (χ4n) is 1.19. The Bertz CT molecular complexity index is 323.